The van der Waals surface area contributed by atoms with Gasteiger partial charge in [0, 0.05) is 25.7 Å². The van der Waals surface area contributed by atoms with Gasteiger partial charge in [0.15, 0.2) is 11.5 Å². The Kier molecular flexibility index (Phi) is 3.72. The van der Waals surface area contributed by atoms with Gasteiger partial charge >= 0.3 is 0 Å². The van der Waals surface area contributed by atoms with Gasteiger partial charge in [0.1, 0.15) is 13.2 Å². The summed E-state index contributed by atoms with van der Waals surface area (Å²) in [5.74, 6) is 2.79. The molecule has 0 amide bonds. The van der Waals surface area contributed by atoms with E-state index in [-0.39, 0.29) is 6.04 Å². The molecule has 0 radical (unpaired) electrons. The number of benzene rings is 1. The normalized spacial score (nSPS) is 25.8. The number of rotatable bonds is 3. The van der Waals surface area contributed by atoms with Crippen LogP contribution in [0.25, 0.3) is 0 Å². The summed E-state index contributed by atoms with van der Waals surface area (Å²) in [5.41, 5.74) is 7.25. The Morgan fingerprint density at radius 1 is 1.30 bits per heavy atom. The summed E-state index contributed by atoms with van der Waals surface area (Å²) in [4.78, 5) is 2.38. The van der Waals surface area contributed by atoms with Crippen molar-refractivity contribution in [3.63, 3.8) is 0 Å². The highest BCUT2D eigenvalue weighted by Crippen LogP contribution is 2.40. The largest absolute Gasteiger partial charge is 0.493 e. The van der Waals surface area contributed by atoms with Crippen molar-refractivity contribution in [2.45, 2.75) is 19.5 Å². The lowest BCUT2D eigenvalue weighted by molar-refractivity contribution is 0.164. The first-order valence-corrected chi connectivity index (χ1v) is 7.12. The number of nitrogens with two attached hydrogens (primary N) is 1. The smallest absolute Gasteiger partial charge is 0.203 e. The lowest BCUT2D eigenvalue weighted by Gasteiger charge is -2.23. The third-order valence-corrected chi connectivity index (χ3v) is 4.04. The molecule has 0 aromatic heterocycles. The Hall–Kier alpha value is -1.46. The lowest BCUT2D eigenvalue weighted by Crippen LogP contribution is -2.28. The Balaban J connectivity index is 1.80. The molecule has 1 aromatic rings. The van der Waals surface area contributed by atoms with Crippen LogP contribution in [-0.2, 0) is 6.54 Å². The number of methoxy groups -OCH3 is 1. The summed E-state index contributed by atoms with van der Waals surface area (Å²) in [6, 6.07) is 4.35. The van der Waals surface area contributed by atoms with Gasteiger partial charge in [0.25, 0.3) is 0 Å². The monoisotopic (exact) mass is 278 g/mol. The first kappa shape index (κ1) is 13.5. The molecule has 2 unspecified atom stereocenters. The number of hydrogen-bond acceptors (Lipinski definition) is 5. The second-order valence-electron chi connectivity index (χ2n) is 5.66. The molecule has 0 spiro atoms. The van der Waals surface area contributed by atoms with Crippen molar-refractivity contribution < 1.29 is 14.2 Å². The van der Waals surface area contributed by atoms with Gasteiger partial charge in [-0.3, -0.25) is 4.90 Å². The van der Waals surface area contributed by atoms with Crippen molar-refractivity contribution in [3.8, 4) is 17.2 Å². The minimum atomic E-state index is 0.272. The number of likely N-dealkylation sites (tertiary alicyclic amines) is 1. The van der Waals surface area contributed by atoms with E-state index in [0.717, 1.165) is 31.1 Å². The van der Waals surface area contributed by atoms with Crippen LogP contribution in [0.1, 0.15) is 12.5 Å². The fourth-order valence-corrected chi connectivity index (χ4v) is 2.90. The van der Waals surface area contributed by atoms with Crippen LogP contribution < -0.4 is 19.9 Å². The molecular weight excluding hydrogens is 256 g/mol. The second-order valence-corrected chi connectivity index (χ2v) is 5.66. The van der Waals surface area contributed by atoms with E-state index in [0.29, 0.717) is 24.9 Å². The molecule has 1 saturated heterocycles. The molecule has 110 valence electrons. The quantitative estimate of drug-likeness (QED) is 0.901. The van der Waals surface area contributed by atoms with Gasteiger partial charge in [-0.1, -0.05) is 6.92 Å². The fraction of sp³-hybridized carbons (Fsp3) is 0.600. The number of ether oxygens (including phenoxy) is 3. The summed E-state index contributed by atoms with van der Waals surface area (Å²) in [7, 11) is 1.66. The van der Waals surface area contributed by atoms with Gasteiger partial charge < -0.3 is 19.9 Å². The average molecular weight is 278 g/mol. The minimum absolute atomic E-state index is 0.272. The van der Waals surface area contributed by atoms with E-state index in [1.54, 1.807) is 7.11 Å². The van der Waals surface area contributed by atoms with Gasteiger partial charge in [0.2, 0.25) is 5.75 Å². The van der Waals surface area contributed by atoms with E-state index in [1.807, 2.05) is 12.1 Å². The highest BCUT2D eigenvalue weighted by Gasteiger charge is 2.27. The Labute approximate surface area is 119 Å². The first-order valence-electron chi connectivity index (χ1n) is 7.12. The third-order valence-electron chi connectivity index (χ3n) is 4.04. The zero-order valence-corrected chi connectivity index (χ0v) is 12.1. The summed E-state index contributed by atoms with van der Waals surface area (Å²) in [6.45, 7) is 6.21. The topological polar surface area (TPSA) is 57.0 Å². The van der Waals surface area contributed by atoms with Gasteiger partial charge in [-0.05, 0) is 23.6 Å². The van der Waals surface area contributed by atoms with Crippen molar-refractivity contribution in [2.75, 3.05) is 33.4 Å². The van der Waals surface area contributed by atoms with Crippen LogP contribution in [-0.4, -0.2) is 44.4 Å². The molecule has 2 atom stereocenters. The molecule has 0 saturated carbocycles. The molecule has 1 aromatic carbocycles. The molecule has 2 aliphatic heterocycles. The highest BCUT2D eigenvalue weighted by atomic mass is 16.6. The van der Waals surface area contributed by atoms with E-state index >= 15 is 0 Å². The molecule has 3 rings (SSSR count). The number of fused-ring (bicyclic) bond motifs is 1. The molecule has 2 heterocycles. The molecule has 2 N–H and O–H groups in total. The standard InChI is InChI=1S/C15H22N2O3/c1-10-7-17(9-12(10)16)8-11-5-13(18-2)15-14(6-11)19-3-4-20-15/h5-6,10,12H,3-4,7-9,16H2,1-2H3. The van der Waals surface area contributed by atoms with E-state index in [4.69, 9.17) is 19.9 Å². The lowest BCUT2D eigenvalue weighted by atomic mass is 10.1. The second kappa shape index (κ2) is 5.50. The zero-order chi connectivity index (χ0) is 14.1. The van der Waals surface area contributed by atoms with Crippen LogP contribution in [0.2, 0.25) is 0 Å². The molecule has 0 aliphatic carbocycles. The SMILES string of the molecule is COc1cc(CN2CC(C)C(N)C2)cc2c1OCCO2. The van der Waals surface area contributed by atoms with Crippen molar-refractivity contribution in [1.82, 2.24) is 4.90 Å². The van der Waals surface area contributed by atoms with Crippen LogP contribution in [0.15, 0.2) is 12.1 Å². The Morgan fingerprint density at radius 2 is 2.10 bits per heavy atom. The van der Waals surface area contributed by atoms with Crippen molar-refractivity contribution in [1.29, 1.82) is 0 Å². The molecular formula is C15H22N2O3. The fourth-order valence-electron chi connectivity index (χ4n) is 2.90. The van der Waals surface area contributed by atoms with Crippen LogP contribution in [0.3, 0.4) is 0 Å². The van der Waals surface area contributed by atoms with Gasteiger partial charge in [0.05, 0.1) is 7.11 Å². The summed E-state index contributed by atoms with van der Waals surface area (Å²) in [6.07, 6.45) is 0. The predicted molar refractivity (Wildman–Crippen MR) is 76.4 cm³/mol. The van der Waals surface area contributed by atoms with E-state index in [1.165, 1.54) is 5.56 Å². The Bertz CT molecular complexity index is 465. The maximum absolute atomic E-state index is 6.08. The van der Waals surface area contributed by atoms with Crippen LogP contribution in [0.4, 0.5) is 0 Å². The highest BCUT2D eigenvalue weighted by molar-refractivity contribution is 5.54. The molecule has 0 bridgehead atoms. The molecule has 1 fully saturated rings. The number of hydrogen-bond donors (Lipinski definition) is 1. The van der Waals surface area contributed by atoms with E-state index in [9.17, 15) is 0 Å². The zero-order valence-electron chi connectivity index (χ0n) is 12.1. The maximum atomic E-state index is 6.08. The van der Waals surface area contributed by atoms with Crippen LogP contribution in [0, 0.1) is 5.92 Å². The average Bonchev–Trinajstić information content (AvgIpc) is 2.76. The van der Waals surface area contributed by atoms with E-state index < -0.39 is 0 Å². The van der Waals surface area contributed by atoms with E-state index in [2.05, 4.69) is 11.8 Å². The molecule has 5 nitrogen and oxygen atoms in total. The minimum Gasteiger partial charge on any atom is -0.493 e. The van der Waals surface area contributed by atoms with Gasteiger partial charge in [-0.2, -0.15) is 0 Å². The van der Waals surface area contributed by atoms with Crippen molar-refractivity contribution in [2.24, 2.45) is 11.7 Å². The van der Waals surface area contributed by atoms with Crippen LogP contribution in [0.5, 0.6) is 17.2 Å². The molecule has 5 heteroatoms. The number of nitrogens with zero attached hydrogens (tertiary/aromatic N) is 1. The molecule has 20 heavy (non-hydrogen) atoms. The summed E-state index contributed by atoms with van der Waals surface area (Å²) < 4.78 is 16.7. The van der Waals surface area contributed by atoms with Gasteiger partial charge in [-0.15, -0.1) is 0 Å². The summed E-state index contributed by atoms with van der Waals surface area (Å²) in [5, 5.41) is 0. The molecule has 2 aliphatic rings. The third kappa shape index (κ3) is 2.55. The Morgan fingerprint density at radius 3 is 2.80 bits per heavy atom. The van der Waals surface area contributed by atoms with Crippen LogP contribution >= 0.6 is 0 Å². The first-order chi connectivity index (χ1) is 9.67. The maximum Gasteiger partial charge on any atom is 0.203 e. The predicted octanol–water partition coefficient (Wildman–Crippen LogP) is 1.25. The van der Waals surface area contributed by atoms with Crippen molar-refractivity contribution >= 4 is 0 Å². The van der Waals surface area contributed by atoms with Crippen molar-refractivity contribution in [3.05, 3.63) is 17.7 Å². The van der Waals surface area contributed by atoms with Gasteiger partial charge in [-0.25, -0.2) is 0 Å². The summed E-state index contributed by atoms with van der Waals surface area (Å²) >= 11 is 0.